The summed E-state index contributed by atoms with van der Waals surface area (Å²) in [5.41, 5.74) is 5.86. The van der Waals surface area contributed by atoms with Crippen LogP contribution in [0.3, 0.4) is 0 Å². The van der Waals surface area contributed by atoms with E-state index < -0.39 is 5.91 Å². The third kappa shape index (κ3) is 2.92. The molecule has 7 nitrogen and oxygen atoms in total. The maximum absolute atomic E-state index is 12.4. The molecule has 1 saturated carbocycles. The number of primary amides is 1. The van der Waals surface area contributed by atoms with Crippen LogP contribution >= 0.6 is 0 Å². The van der Waals surface area contributed by atoms with Gasteiger partial charge in [-0.05, 0) is 24.6 Å². The summed E-state index contributed by atoms with van der Waals surface area (Å²) < 4.78 is 15.7. The molecule has 2 atom stereocenters. The zero-order chi connectivity index (χ0) is 17.3. The number of furan rings is 1. The Morgan fingerprint density at radius 3 is 2.54 bits per heavy atom. The molecule has 1 heterocycles. The van der Waals surface area contributed by atoms with Gasteiger partial charge in [-0.3, -0.25) is 9.59 Å². The third-order valence-corrected chi connectivity index (χ3v) is 4.08. The zero-order valence-corrected chi connectivity index (χ0v) is 13.4. The minimum atomic E-state index is -0.662. The van der Waals surface area contributed by atoms with Gasteiger partial charge in [0.2, 0.25) is 5.91 Å². The van der Waals surface area contributed by atoms with E-state index in [1.165, 1.54) is 26.4 Å². The number of ether oxygens (including phenoxy) is 2. The van der Waals surface area contributed by atoms with E-state index >= 15 is 0 Å². The maximum Gasteiger partial charge on any atom is 0.250 e. The summed E-state index contributed by atoms with van der Waals surface area (Å²) in [5, 5.41) is 2.75. The van der Waals surface area contributed by atoms with Gasteiger partial charge in [-0.2, -0.15) is 0 Å². The van der Waals surface area contributed by atoms with Crippen molar-refractivity contribution in [1.82, 2.24) is 0 Å². The molecule has 0 radical (unpaired) electrons. The number of rotatable bonds is 6. The summed E-state index contributed by atoms with van der Waals surface area (Å²) in [4.78, 5) is 24.1. The Morgan fingerprint density at radius 1 is 1.25 bits per heavy atom. The Hall–Kier alpha value is -2.96. The highest BCUT2D eigenvalue weighted by Crippen LogP contribution is 2.48. The maximum atomic E-state index is 12.4. The number of nitrogens with one attached hydrogen (secondary N) is 1. The first-order valence-electron chi connectivity index (χ1n) is 7.45. The quantitative estimate of drug-likeness (QED) is 0.844. The number of hydrogen-bond acceptors (Lipinski definition) is 5. The Balaban J connectivity index is 1.81. The molecule has 0 aliphatic heterocycles. The molecule has 126 valence electrons. The summed E-state index contributed by atoms with van der Waals surface area (Å²) in [6.45, 7) is 0. The molecule has 2 aromatic rings. The van der Waals surface area contributed by atoms with Gasteiger partial charge in [-0.1, -0.05) is 0 Å². The normalized spacial score (nSPS) is 18.8. The van der Waals surface area contributed by atoms with Crippen LogP contribution in [0.15, 0.2) is 34.9 Å². The van der Waals surface area contributed by atoms with E-state index in [4.69, 9.17) is 19.6 Å². The van der Waals surface area contributed by atoms with Crippen LogP contribution in [0, 0.1) is 5.92 Å². The van der Waals surface area contributed by atoms with Gasteiger partial charge in [0.15, 0.2) is 11.5 Å². The van der Waals surface area contributed by atoms with E-state index in [0.29, 0.717) is 23.6 Å². The molecule has 7 heteroatoms. The predicted octanol–water partition coefficient (Wildman–Crippen LogP) is 2.14. The standard InChI is InChI=1S/C17H18N2O5/c1-22-14-7-11(16(18)20)12(8-15(14)23-2)19-17(21)10-6-9(10)13-4-3-5-24-13/h3-5,7-10H,6H2,1-2H3,(H2,18,20)(H,19,21)/t9-,10+/m1/s1. The van der Waals surface area contributed by atoms with E-state index in [-0.39, 0.29) is 23.3 Å². The highest BCUT2D eigenvalue weighted by atomic mass is 16.5. The Labute approximate surface area is 138 Å². The minimum absolute atomic E-state index is 0.0668. The third-order valence-electron chi connectivity index (χ3n) is 4.08. The number of carbonyl (C=O) groups is 2. The molecule has 3 N–H and O–H groups in total. The van der Waals surface area contributed by atoms with Crippen molar-refractivity contribution in [3.05, 3.63) is 41.9 Å². The second-order valence-electron chi connectivity index (χ2n) is 5.57. The highest BCUT2D eigenvalue weighted by Gasteiger charge is 2.46. The molecule has 0 spiro atoms. The number of nitrogens with two attached hydrogens (primary N) is 1. The lowest BCUT2D eigenvalue weighted by Crippen LogP contribution is -2.20. The average molecular weight is 330 g/mol. The first-order valence-corrected chi connectivity index (χ1v) is 7.45. The van der Waals surface area contributed by atoms with Crippen LogP contribution in [-0.4, -0.2) is 26.0 Å². The largest absolute Gasteiger partial charge is 0.493 e. The van der Waals surface area contributed by atoms with Crippen molar-refractivity contribution in [3.63, 3.8) is 0 Å². The number of methoxy groups -OCH3 is 2. The highest BCUT2D eigenvalue weighted by molar-refractivity contribution is 6.05. The van der Waals surface area contributed by atoms with E-state index in [9.17, 15) is 9.59 Å². The molecule has 2 amide bonds. The lowest BCUT2D eigenvalue weighted by Gasteiger charge is -2.14. The van der Waals surface area contributed by atoms with Gasteiger partial charge in [0.25, 0.3) is 5.91 Å². The lowest BCUT2D eigenvalue weighted by atomic mass is 10.1. The monoisotopic (exact) mass is 330 g/mol. The first kappa shape index (κ1) is 15.9. The van der Waals surface area contributed by atoms with Crippen molar-refractivity contribution in [1.29, 1.82) is 0 Å². The van der Waals surface area contributed by atoms with Gasteiger partial charge in [-0.15, -0.1) is 0 Å². The number of amides is 2. The van der Waals surface area contributed by atoms with Crippen LogP contribution in [0.5, 0.6) is 11.5 Å². The Morgan fingerprint density at radius 2 is 1.96 bits per heavy atom. The summed E-state index contributed by atoms with van der Waals surface area (Å²) in [6, 6.07) is 6.63. The molecular weight excluding hydrogens is 312 g/mol. The molecule has 1 aliphatic carbocycles. The average Bonchev–Trinajstić information content (AvgIpc) is 3.19. The number of hydrogen-bond donors (Lipinski definition) is 2. The molecule has 0 bridgehead atoms. The Kier molecular flexibility index (Phi) is 4.16. The predicted molar refractivity (Wildman–Crippen MR) is 86.2 cm³/mol. The smallest absolute Gasteiger partial charge is 0.250 e. The van der Waals surface area contributed by atoms with E-state index in [2.05, 4.69) is 5.32 Å². The van der Waals surface area contributed by atoms with Crippen molar-refractivity contribution in [2.45, 2.75) is 12.3 Å². The van der Waals surface area contributed by atoms with Crippen LogP contribution in [0.2, 0.25) is 0 Å². The fourth-order valence-corrected chi connectivity index (χ4v) is 2.71. The molecule has 3 rings (SSSR count). The number of carbonyl (C=O) groups excluding carboxylic acids is 2. The molecule has 0 unspecified atom stereocenters. The lowest BCUT2D eigenvalue weighted by molar-refractivity contribution is -0.117. The van der Waals surface area contributed by atoms with Gasteiger partial charge in [0, 0.05) is 17.9 Å². The zero-order valence-electron chi connectivity index (χ0n) is 13.4. The molecule has 0 saturated heterocycles. The summed E-state index contributed by atoms with van der Waals surface area (Å²) in [5.74, 6) is 0.579. The molecular formula is C17H18N2O5. The number of anilines is 1. The van der Waals surface area contributed by atoms with Crippen LogP contribution in [0.25, 0.3) is 0 Å². The SMILES string of the molecule is COc1cc(NC(=O)[C@H]2C[C@H]2c2ccco2)c(C(N)=O)cc1OC. The van der Waals surface area contributed by atoms with E-state index in [1.54, 1.807) is 12.3 Å². The second kappa shape index (κ2) is 6.27. The summed E-state index contributed by atoms with van der Waals surface area (Å²) in [6.07, 6.45) is 2.29. The second-order valence-corrected chi connectivity index (χ2v) is 5.57. The fraction of sp³-hybridized carbons (Fsp3) is 0.294. The first-order chi connectivity index (χ1) is 11.5. The fourth-order valence-electron chi connectivity index (χ4n) is 2.71. The summed E-state index contributed by atoms with van der Waals surface area (Å²) >= 11 is 0. The summed E-state index contributed by atoms with van der Waals surface area (Å²) in [7, 11) is 2.93. The van der Waals surface area contributed by atoms with Crippen molar-refractivity contribution >= 4 is 17.5 Å². The minimum Gasteiger partial charge on any atom is -0.493 e. The molecule has 1 aliphatic rings. The van der Waals surface area contributed by atoms with Gasteiger partial charge in [-0.25, -0.2) is 0 Å². The molecule has 1 aromatic heterocycles. The van der Waals surface area contributed by atoms with E-state index in [1.807, 2.05) is 6.07 Å². The van der Waals surface area contributed by atoms with E-state index in [0.717, 1.165) is 5.76 Å². The van der Waals surface area contributed by atoms with Gasteiger partial charge < -0.3 is 24.9 Å². The van der Waals surface area contributed by atoms with Crippen molar-refractivity contribution in [2.75, 3.05) is 19.5 Å². The molecule has 24 heavy (non-hydrogen) atoms. The topological polar surface area (TPSA) is 104 Å². The van der Waals surface area contributed by atoms with Crippen LogP contribution in [0.1, 0.15) is 28.5 Å². The number of benzene rings is 1. The van der Waals surface area contributed by atoms with Gasteiger partial charge >= 0.3 is 0 Å². The van der Waals surface area contributed by atoms with Crippen molar-refractivity contribution in [2.24, 2.45) is 11.7 Å². The van der Waals surface area contributed by atoms with Gasteiger partial charge in [0.05, 0.1) is 31.7 Å². The molecule has 1 aromatic carbocycles. The van der Waals surface area contributed by atoms with Crippen molar-refractivity contribution in [3.8, 4) is 11.5 Å². The van der Waals surface area contributed by atoms with Crippen LogP contribution < -0.4 is 20.5 Å². The van der Waals surface area contributed by atoms with Crippen LogP contribution in [0.4, 0.5) is 5.69 Å². The molecule has 1 fully saturated rings. The Bertz CT molecular complexity index is 770. The van der Waals surface area contributed by atoms with Crippen molar-refractivity contribution < 1.29 is 23.5 Å². The van der Waals surface area contributed by atoms with Crippen LogP contribution in [-0.2, 0) is 4.79 Å². The van der Waals surface area contributed by atoms with Gasteiger partial charge in [0.1, 0.15) is 5.76 Å².